The van der Waals surface area contributed by atoms with Crippen molar-refractivity contribution in [2.24, 2.45) is 0 Å². The van der Waals surface area contributed by atoms with Crippen LogP contribution in [0.4, 0.5) is 4.39 Å². The molecule has 0 bridgehead atoms. The highest BCUT2D eigenvalue weighted by molar-refractivity contribution is 5.85. The topological polar surface area (TPSA) is 46.5 Å². The van der Waals surface area contributed by atoms with Crippen molar-refractivity contribution in [3.05, 3.63) is 41.2 Å². The van der Waals surface area contributed by atoms with E-state index in [1.54, 1.807) is 12.1 Å². The molecular weight excluding hydrogens is 271 g/mol. The van der Waals surface area contributed by atoms with Crippen LogP contribution in [0.2, 0.25) is 0 Å². The number of hydrogen-bond acceptors (Lipinski definition) is 2. The van der Waals surface area contributed by atoms with E-state index in [0.29, 0.717) is 11.1 Å². The van der Waals surface area contributed by atoms with Crippen LogP contribution in [-0.4, -0.2) is 17.2 Å². The van der Waals surface area contributed by atoms with Gasteiger partial charge in [0, 0.05) is 11.6 Å². The summed E-state index contributed by atoms with van der Waals surface area (Å²) < 4.78 is 19.8. The van der Waals surface area contributed by atoms with Crippen molar-refractivity contribution in [1.82, 2.24) is 0 Å². The first-order valence-electron chi connectivity index (χ1n) is 7.46. The minimum Gasteiger partial charge on any atom is -0.478 e. The molecule has 1 aromatic rings. The number of aliphatic carboxylic acids is 1. The second kappa shape index (κ2) is 7.93. The molecule has 0 unspecified atom stereocenters. The van der Waals surface area contributed by atoms with Gasteiger partial charge in [0.15, 0.2) is 0 Å². The summed E-state index contributed by atoms with van der Waals surface area (Å²) in [7, 11) is 0. The first kappa shape index (κ1) is 15.7. The molecule has 21 heavy (non-hydrogen) atoms. The predicted octanol–water partition coefficient (Wildman–Crippen LogP) is 4.16. The Kier molecular flexibility index (Phi) is 5.93. The van der Waals surface area contributed by atoms with Crippen LogP contribution in [-0.2, 0) is 16.1 Å². The Hall–Kier alpha value is -1.68. The molecule has 2 rings (SSSR count). The zero-order valence-corrected chi connectivity index (χ0v) is 12.1. The molecule has 1 aliphatic rings. The van der Waals surface area contributed by atoms with Crippen molar-refractivity contribution in [2.75, 3.05) is 0 Å². The number of rotatable bonds is 5. The number of carbonyl (C=O) groups is 1. The van der Waals surface area contributed by atoms with Crippen molar-refractivity contribution < 1.29 is 19.0 Å². The molecule has 0 heterocycles. The lowest BCUT2D eigenvalue weighted by molar-refractivity contribution is -0.131. The lowest BCUT2D eigenvalue weighted by atomic mass is 10.1. The first-order chi connectivity index (χ1) is 10.1. The zero-order valence-electron chi connectivity index (χ0n) is 12.1. The molecule has 1 aromatic carbocycles. The number of halogens is 1. The summed E-state index contributed by atoms with van der Waals surface area (Å²) in [6, 6.07) is 4.70. The van der Waals surface area contributed by atoms with Crippen LogP contribution in [0, 0.1) is 5.82 Å². The summed E-state index contributed by atoms with van der Waals surface area (Å²) in [5.74, 6) is -1.40. The fraction of sp³-hybridized carbons (Fsp3) is 0.471. The Morgan fingerprint density at radius 2 is 2.00 bits per heavy atom. The summed E-state index contributed by atoms with van der Waals surface area (Å²) in [5, 5.41) is 8.55. The van der Waals surface area contributed by atoms with E-state index in [-0.39, 0.29) is 18.5 Å². The van der Waals surface area contributed by atoms with E-state index < -0.39 is 5.97 Å². The number of benzene rings is 1. The van der Waals surface area contributed by atoms with Gasteiger partial charge in [-0.05, 0) is 30.5 Å². The van der Waals surface area contributed by atoms with Gasteiger partial charge in [0.2, 0.25) is 0 Å². The van der Waals surface area contributed by atoms with Crippen molar-refractivity contribution in [1.29, 1.82) is 0 Å². The molecule has 1 fully saturated rings. The normalized spacial score (nSPS) is 17.0. The highest BCUT2D eigenvalue weighted by Gasteiger charge is 2.13. The average Bonchev–Trinajstić information content (AvgIpc) is 2.72. The number of carboxylic acids is 1. The molecule has 3 nitrogen and oxygen atoms in total. The third-order valence-corrected chi connectivity index (χ3v) is 3.77. The Morgan fingerprint density at radius 1 is 1.29 bits per heavy atom. The van der Waals surface area contributed by atoms with E-state index in [1.807, 2.05) is 0 Å². The summed E-state index contributed by atoms with van der Waals surface area (Å²) in [6.45, 7) is 0.277. The van der Waals surface area contributed by atoms with Gasteiger partial charge in [-0.1, -0.05) is 37.8 Å². The molecule has 1 aliphatic carbocycles. The molecule has 0 atom stereocenters. The third kappa shape index (κ3) is 5.31. The molecule has 1 saturated carbocycles. The standard InChI is InChI=1S/C17H21FO3/c18-16-11-13(8-10-17(19)20)7-9-14(16)12-21-15-5-3-1-2-4-6-15/h7-11,15H,1-6,12H2,(H,19,20). The van der Waals surface area contributed by atoms with E-state index in [2.05, 4.69) is 0 Å². The monoisotopic (exact) mass is 292 g/mol. The molecule has 1 N–H and O–H groups in total. The van der Waals surface area contributed by atoms with Crippen LogP contribution in [0.1, 0.15) is 49.7 Å². The van der Waals surface area contributed by atoms with Gasteiger partial charge in [0.25, 0.3) is 0 Å². The van der Waals surface area contributed by atoms with Crippen LogP contribution in [0.15, 0.2) is 24.3 Å². The van der Waals surface area contributed by atoms with Gasteiger partial charge in [0.05, 0.1) is 12.7 Å². The van der Waals surface area contributed by atoms with E-state index in [4.69, 9.17) is 9.84 Å². The summed E-state index contributed by atoms with van der Waals surface area (Å²) in [6.07, 6.45) is 9.62. The van der Waals surface area contributed by atoms with Crippen molar-refractivity contribution in [2.45, 2.75) is 51.2 Å². The molecule has 0 aliphatic heterocycles. The first-order valence-corrected chi connectivity index (χ1v) is 7.46. The van der Waals surface area contributed by atoms with Crippen LogP contribution in [0.5, 0.6) is 0 Å². The van der Waals surface area contributed by atoms with Gasteiger partial charge in [-0.3, -0.25) is 0 Å². The average molecular weight is 292 g/mol. The number of hydrogen-bond donors (Lipinski definition) is 1. The Bertz CT molecular complexity index is 503. The minimum absolute atomic E-state index is 0.235. The van der Waals surface area contributed by atoms with E-state index in [1.165, 1.54) is 37.8 Å². The largest absolute Gasteiger partial charge is 0.478 e. The van der Waals surface area contributed by atoms with Crippen LogP contribution in [0.3, 0.4) is 0 Å². The molecule has 0 saturated heterocycles. The van der Waals surface area contributed by atoms with Gasteiger partial charge in [-0.2, -0.15) is 0 Å². The second-order valence-corrected chi connectivity index (χ2v) is 5.45. The van der Waals surface area contributed by atoms with Crippen molar-refractivity contribution in [3.8, 4) is 0 Å². The van der Waals surface area contributed by atoms with E-state index in [0.717, 1.165) is 18.9 Å². The lowest BCUT2D eigenvalue weighted by Crippen LogP contribution is -2.12. The highest BCUT2D eigenvalue weighted by Crippen LogP contribution is 2.21. The van der Waals surface area contributed by atoms with E-state index >= 15 is 0 Å². The Labute approximate surface area is 124 Å². The molecule has 114 valence electrons. The molecule has 0 radical (unpaired) electrons. The van der Waals surface area contributed by atoms with Gasteiger partial charge < -0.3 is 9.84 Å². The molecule has 4 heteroatoms. The quantitative estimate of drug-likeness (QED) is 0.654. The van der Waals surface area contributed by atoms with E-state index in [9.17, 15) is 9.18 Å². The maximum atomic E-state index is 13.9. The van der Waals surface area contributed by atoms with Crippen molar-refractivity contribution >= 4 is 12.0 Å². The fourth-order valence-electron chi connectivity index (χ4n) is 2.57. The van der Waals surface area contributed by atoms with Crippen LogP contribution >= 0.6 is 0 Å². The number of carboxylic acid groups (broad SMARTS) is 1. The number of ether oxygens (including phenoxy) is 1. The highest BCUT2D eigenvalue weighted by atomic mass is 19.1. The van der Waals surface area contributed by atoms with Gasteiger partial charge in [-0.15, -0.1) is 0 Å². The zero-order chi connectivity index (χ0) is 15.1. The predicted molar refractivity (Wildman–Crippen MR) is 79.3 cm³/mol. The smallest absolute Gasteiger partial charge is 0.328 e. The van der Waals surface area contributed by atoms with Crippen LogP contribution in [0.25, 0.3) is 6.08 Å². The molecular formula is C17H21FO3. The third-order valence-electron chi connectivity index (χ3n) is 3.77. The maximum Gasteiger partial charge on any atom is 0.328 e. The summed E-state index contributed by atoms with van der Waals surface area (Å²) in [5.41, 5.74) is 1.06. The molecule has 0 spiro atoms. The minimum atomic E-state index is -1.05. The Balaban J connectivity index is 1.92. The lowest BCUT2D eigenvalue weighted by Gasteiger charge is -2.15. The van der Waals surface area contributed by atoms with Gasteiger partial charge in [-0.25, -0.2) is 9.18 Å². The SMILES string of the molecule is O=C(O)C=Cc1ccc(COC2CCCCCC2)c(F)c1. The van der Waals surface area contributed by atoms with Gasteiger partial charge in [0.1, 0.15) is 5.82 Å². The fourth-order valence-corrected chi connectivity index (χ4v) is 2.57. The molecule has 0 aromatic heterocycles. The summed E-state index contributed by atoms with van der Waals surface area (Å²) in [4.78, 5) is 10.4. The Morgan fingerprint density at radius 3 is 2.62 bits per heavy atom. The van der Waals surface area contributed by atoms with Crippen molar-refractivity contribution in [3.63, 3.8) is 0 Å². The second-order valence-electron chi connectivity index (χ2n) is 5.45. The van der Waals surface area contributed by atoms with Gasteiger partial charge >= 0.3 is 5.97 Å². The molecule has 0 amide bonds. The maximum absolute atomic E-state index is 13.9. The summed E-state index contributed by atoms with van der Waals surface area (Å²) >= 11 is 0. The van der Waals surface area contributed by atoms with Crippen LogP contribution < -0.4 is 0 Å².